The Hall–Kier alpha value is -2.11. The van der Waals surface area contributed by atoms with Crippen molar-refractivity contribution in [3.05, 3.63) is 60.2 Å². The zero-order chi connectivity index (χ0) is 17.5. The minimum atomic E-state index is 0.347. The number of hydrogen-bond donors (Lipinski definition) is 2. The van der Waals surface area contributed by atoms with E-state index in [-0.39, 0.29) is 0 Å². The molecule has 3 rings (SSSR count). The van der Waals surface area contributed by atoms with Gasteiger partial charge in [-0.3, -0.25) is 4.90 Å². The average molecular weight is 356 g/mol. The van der Waals surface area contributed by atoms with Crippen LogP contribution in [0.2, 0.25) is 0 Å². The minimum Gasteiger partial charge on any atom is -0.497 e. The van der Waals surface area contributed by atoms with Crippen LogP contribution in [0.15, 0.2) is 54.6 Å². The Morgan fingerprint density at radius 2 is 1.76 bits per heavy atom. The lowest BCUT2D eigenvalue weighted by Crippen LogP contribution is -2.38. The Kier molecular flexibility index (Phi) is 6.25. The molecule has 1 heterocycles. The van der Waals surface area contributed by atoms with Crippen molar-refractivity contribution in [2.45, 2.75) is 18.9 Å². The van der Waals surface area contributed by atoms with Crippen LogP contribution in [0.4, 0.5) is 5.69 Å². The zero-order valence-corrected chi connectivity index (χ0v) is 15.4. The predicted molar refractivity (Wildman–Crippen MR) is 107 cm³/mol. The van der Waals surface area contributed by atoms with Crippen LogP contribution >= 0.6 is 12.2 Å². The van der Waals surface area contributed by atoms with Gasteiger partial charge in [0.1, 0.15) is 5.75 Å². The fourth-order valence-electron chi connectivity index (χ4n) is 3.23. The third kappa shape index (κ3) is 4.94. The molecule has 25 heavy (non-hydrogen) atoms. The average Bonchev–Trinajstić information content (AvgIpc) is 3.18. The van der Waals surface area contributed by atoms with Crippen molar-refractivity contribution < 1.29 is 4.74 Å². The van der Waals surface area contributed by atoms with Gasteiger partial charge in [-0.05, 0) is 68.0 Å². The van der Waals surface area contributed by atoms with Gasteiger partial charge in [0.05, 0.1) is 13.2 Å². The van der Waals surface area contributed by atoms with Crippen LogP contribution in [0.3, 0.4) is 0 Å². The highest BCUT2D eigenvalue weighted by atomic mass is 32.1. The van der Waals surface area contributed by atoms with Gasteiger partial charge in [-0.15, -0.1) is 0 Å². The normalized spacial score (nSPS) is 15.6. The Morgan fingerprint density at radius 3 is 2.40 bits per heavy atom. The molecule has 5 heteroatoms. The Labute approximate surface area is 155 Å². The molecule has 1 fully saturated rings. The van der Waals surface area contributed by atoms with Crippen molar-refractivity contribution in [1.29, 1.82) is 0 Å². The lowest BCUT2D eigenvalue weighted by atomic mass is 10.1. The molecule has 1 saturated heterocycles. The zero-order valence-electron chi connectivity index (χ0n) is 14.6. The molecule has 1 aliphatic heterocycles. The van der Waals surface area contributed by atoms with E-state index >= 15 is 0 Å². The second kappa shape index (κ2) is 8.83. The predicted octanol–water partition coefficient (Wildman–Crippen LogP) is 3.82. The monoisotopic (exact) mass is 355 g/mol. The SMILES string of the molecule is COc1ccc(NC(=S)NC[C@H](c2ccccc2)N2CCCC2)cc1. The fourth-order valence-corrected chi connectivity index (χ4v) is 3.43. The molecule has 0 aliphatic carbocycles. The van der Waals surface area contributed by atoms with Crippen LogP contribution in [0.5, 0.6) is 5.75 Å². The molecule has 0 aromatic heterocycles. The van der Waals surface area contributed by atoms with E-state index in [0.29, 0.717) is 11.2 Å². The number of benzene rings is 2. The maximum Gasteiger partial charge on any atom is 0.170 e. The Bertz CT molecular complexity index is 669. The van der Waals surface area contributed by atoms with E-state index in [1.54, 1.807) is 7.11 Å². The van der Waals surface area contributed by atoms with Crippen LogP contribution < -0.4 is 15.4 Å². The van der Waals surface area contributed by atoms with Gasteiger partial charge in [0, 0.05) is 12.2 Å². The first-order valence-electron chi connectivity index (χ1n) is 8.74. The summed E-state index contributed by atoms with van der Waals surface area (Å²) in [5.41, 5.74) is 2.29. The molecule has 0 spiro atoms. The third-order valence-electron chi connectivity index (χ3n) is 4.57. The van der Waals surface area contributed by atoms with E-state index in [4.69, 9.17) is 17.0 Å². The first-order chi connectivity index (χ1) is 12.3. The lowest BCUT2D eigenvalue weighted by molar-refractivity contribution is 0.246. The van der Waals surface area contributed by atoms with Crippen molar-refractivity contribution in [2.75, 3.05) is 32.1 Å². The molecule has 2 aromatic rings. The molecule has 0 bridgehead atoms. The minimum absolute atomic E-state index is 0.347. The summed E-state index contributed by atoms with van der Waals surface area (Å²) in [6.07, 6.45) is 2.55. The summed E-state index contributed by atoms with van der Waals surface area (Å²) >= 11 is 5.47. The van der Waals surface area contributed by atoms with Crippen molar-refractivity contribution >= 4 is 23.0 Å². The van der Waals surface area contributed by atoms with Gasteiger partial charge < -0.3 is 15.4 Å². The maximum absolute atomic E-state index is 5.47. The van der Waals surface area contributed by atoms with Crippen LogP contribution in [-0.2, 0) is 0 Å². The number of ether oxygens (including phenoxy) is 1. The Morgan fingerprint density at radius 1 is 1.08 bits per heavy atom. The summed E-state index contributed by atoms with van der Waals surface area (Å²) in [7, 11) is 1.66. The molecule has 1 aliphatic rings. The molecular formula is C20H25N3OS. The largest absolute Gasteiger partial charge is 0.497 e. The standard InChI is InChI=1S/C20H25N3OS/c1-24-18-11-9-17(10-12-18)22-20(25)21-15-19(23-13-5-6-14-23)16-7-3-2-4-8-16/h2-4,7-12,19H,5-6,13-15H2,1H3,(H2,21,22,25)/t19-/m1/s1. The summed E-state index contributed by atoms with van der Waals surface area (Å²) in [6, 6.07) is 18.8. The fraction of sp³-hybridized carbons (Fsp3) is 0.350. The van der Waals surface area contributed by atoms with Crippen LogP contribution in [0, 0.1) is 0 Å². The molecule has 0 amide bonds. The maximum atomic E-state index is 5.47. The van der Waals surface area contributed by atoms with E-state index in [1.807, 2.05) is 24.3 Å². The van der Waals surface area contributed by atoms with Gasteiger partial charge in [-0.25, -0.2) is 0 Å². The number of methoxy groups -OCH3 is 1. The summed E-state index contributed by atoms with van der Waals surface area (Å²) in [6.45, 7) is 3.10. The van der Waals surface area contributed by atoms with Crippen molar-refractivity contribution in [2.24, 2.45) is 0 Å². The summed E-state index contributed by atoms with van der Waals surface area (Å²) in [5, 5.41) is 7.26. The molecule has 2 N–H and O–H groups in total. The van der Waals surface area contributed by atoms with E-state index in [2.05, 4.69) is 45.9 Å². The van der Waals surface area contributed by atoms with Gasteiger partial charge in [-0.1, -0.05) is 30.3 Å². The number of rotatable bonds is 6. The lowest BCUT2D eigenvalue weighted by Gasteiger charge is -2.28. The molecule has 0 unspecified atom stereocenters. The molecule has 0 radical (unpaired) electrons. The second-order valence-corrected chi connectivity index (χ2v) is 6.64. The molecule has 2 aromatic carbocycles. The highest BCUT2D eigenvalue weighted by Gasteiger charge is 2.23. The highest BCUT2D eigenvalue weighted by molar-refractivity contribution is 7.80. The van der Waals surface area contributed by atoms with Gasteiger partial charge in [-0.2, -0.15) is 0 Å². The van der Waals surface area contributed by atoms with Gasteiger partial charge >= 0.3 is 0 Å². The second-order valence-electron chi connectivity index (χ2n) is 6.23. The molecule has 4 nitrogen and oxygen atoms in total. The van der Waals surface area contributed by atoms with Gasteiger partial charge in [0.25, 0.3) is 0 Å². The number of hydrogen-bond acceptors (Lipinski definition) is 3. The van der Waals surface area contributed by atoms with E-state index in [9.17, 15) is 0 Å². The number of anilines is 1. The van der Waals surface area contributed by atoms with Gasteiger partial charge in [0.15, 0.2) is 5.11 Å². The smallest absolute Gasteiger partial charge is 0.170 e. The first kappa shape index (κ1) is 17.7. The van der Waals surface area contributed by atoms with E-state index in [0.717, 1.165) is 31.1 Å². The first-order valence-corrected chi connectivity index (χ1v) is 9.15. The van der Waals surface area contributed by atoms with E-state index < -0.39 is 0 Å². The van der Waals surface area contributed by atoms with Crippen LogP contribution in [-0.4, -0.2) is 36.8 Å². The van der Waals surface area contributed by atoms with Crippen molar-refractivity contribution in [3.8, 4) is 5.75 Å². The number of thiocarbonyl (C=S) groups is 1. The van der Waals surface area contributed by atoms with E-state index in [1.165, 1.54) is 18.4 Å². The van der Waals surface area contributed by atoms with Crippen LogP contribution in [0.1, 0.15) is 24.4 Å². The molecule has 132 valence electrons. The van der Waals surface area contributed by atoms with Crippen molar-refractivity contribution in [3.63, 3.8) is 0 Å². The number of nitrogens with one attached hydrogen (secondary N) is 2. The van der Waals surface area contributed by atoms with Crippen LogP contribution in [0.25, 0.3) is 0 Å². The Balaban J connectivity index is 1.59. The van der Waals surface area contributed by atoms with Gasteiger partial charge in [0.2, 0.25) is 0 Å². The number of nitrogens with zero attached hydrogens (tertiary/aromatic N) is 1. The highest BCUT2D eigenvalue weighted by Crippen LogP contribution is 2.24. The molecular weight excluding hydrogens is 330 g/mol. The summed E-state index contributed by atoms with van der Waals surface area (Å²) in [5.74, 6) is 0.836. The summed E-state index contributed by atoms with van der Waals surface area (Å²) < 4.78 is 5.18. The third-order valence-corrected chi connectivity index (χ3v) is 4.82. The summed E-state index contributed by atoms with van der Waals surface area (Å²) in [4.78, 5) is 2.54. The molecule has 1 atom stereocenters. The van der Waals surface area contributed by atoms with Crippen molar-refractivity contribution in [1.82, 2.24) is 10.2 Å². The molecule has 0 saturated carbocycles. The number of likely N-dealkylation sites (tertiary alicyclic amines) is 1. The quantitative estimate of drug-likeness (QED) is 0.771. The topological polar surface area (TPSA) is 36.5 Å².